The number of fused-ring (bicyclic) bond motifs is 1. The number of carbonyl (C=O) groups is 2. The van der Waals surface area contributed by atoms with Crippen molar-refractivity contribution in [1.29, 1.82) is 0 Å². The lowest BCUT2D eigenvalue weighted by atomic mass is 10.1. The van der Waals surface area contributed by atoms with Crippen LogP contribution in [0.3, 0.4) is 0 Å². The number of anilines is 2. The summed E-state index contributed by atoms with van der Waals surface area (Å²) < 4.78 is 10.7. The summed E-state index contributed by atoms with van der Waals surface area (Å²) in [5, 5.41) is 14.9. The number of thiazole rings is 1. The van der Waals surface area contributed by atoms with Crippen LogP contribution in [0.2, 0.25) is 0 Å². The smallest absolute Gasteiger partial charge is 0.265 e. The Morgan fingerprint density at radius 3 is 2.97 bits per heavy atom. The minimum absolute atomic E-state index is 0.115. The number of ether oxygens (including phenoxy) is 2. The van der Waals surface area contributed by atoms with Gasteiger partial charge in [-0.3, -0.25) is 19.8 Å². The Labute approximate surface area is 187 Å². The van der Waals surface area contributed by atoms with E-state index in [0.29, 0.717) is 23.2 Å². The molecule has 1 aromatic carbocycles. The van der Waals surface area contributed by atoms with Crippen LogP contribution in [0.5, 0.6) is 5.75 Å². The third-order valence-corrected chi connectivity index (χ3v) is 6.48. The van der Waals surface area contributed by atoms with E-state index in [-0.39, 0.29) is 25.0 Å². The normalized spacial score (nSPS) is 13.1. The molecular weight excluding hydrogens is 438 g/mol. The molecular formula is C20H21N5O4S2. The van der Waals surface area contributed by atoms with Gasteiger partial charge >= 0.3 is 0 Å². The first-order valence-corrected chi connectivity index (χ1v) is 11.4. The summed E-state index contributed by atoms with van der Waals surface area (Å²) in [5.74, 6) is -0.0820. The van der Waals surface area contributed by atoms with Crippen molar-refractivity contribution >= 4 is 45.3 Å². The van der Waals surface area contributed by atoms with E-state index in [4.69, 9.17) is 9.47 Å². The molecule has 0 spiro atoms. The second-order valence-electron chi connectivity index (χ2n) is 6.72. The van der Waals surface area contributed by atoms with Gasteiger partial charge in [0.1, 0.15) is 17.3 Å². The van der Waals surface area contributed by atoms with Crippen LogP contribution in [0.15, 0.2) is 23.6 Å². The Bertz CT molecular complexity index is 1100. The number of rotatable bonds is 8. The lowest BCUT2D eigenvalue weighted by Gasteiger charge is -2.29. The highest BCUT2D eigenvalue weighted by Gasteiger charge is 2.28. The zero-order valence-electron chi connectivity index (χ0n) is 17.1. The van der Waals surface area contributed by atoms with E-state index in [9.17, 15) is 9.59 Å². The third kappa shape index (κ3) is 4.89. The zero-order chi connectivity index (χ0) is 21.8. The lowest BCUT2D eigenvalue weighted by molar-refractivity contribution is -0.123. The first-order chi connectivity index (χ1) is 15.1. The molecule has 4 rings (SSSR count). The van der Waals surface area contributed by atoms with E-state index in [1.54, 1.807) is 24.5 Å². The molecule has 1 aliphatic heterocycles. The third-order valence-electron chi connectivity index (χ3n) is 4.59. The molecule has 11 heteroatoms. The Morgan fingerprint density at radius 1 is 1.32 bits per heavy atom. The van der Waals surface area contributed by atoms with Gasteiger partial charge in [-0.15, -0.1) is 21.5 Å². The largest absolute Gasteiger partial charge is 0.482 e. The van der Waals surface area contributed by atoms with Gasteiger partial charge in [0, 0.05) is 24.5 Å². The maximum absolute atomic E-state index is 12.6. The summed E-state index contributed by atoms with van der Waals surface area (Å²) in [6.07, 6.45) is 1.49. The zero-order valence-corrected chi connectivity index (χ0v) is 18.7. The van der Waals surface area contributed by atoms with E-state index in [0.717, 1.165) is 34.1 Å². The molecule has 31 heavy (non-hydrogen) atoms. The Kier molecular flexibility index (Phi) is 6.54. The van der Waals surface area contributed by atoms with E-state index >= 15 is 0 Å². The molecule has 1 aliphatic rings. The molecule has 2 amide bonds. The second-order valence-corrected chi connectivity index (χ2v) is 8.73. The molecule has 0 saturated carbocycles. The number of aromatic nitrogens is 3. The van der Waals surface area contributed by atoms with Gasteiger partial charge < -0.3 is 9.47 Å². The van der Waals surface area contributed by atoms with Crippen LogP contribution < -0.4 is 15.0 Å². The van der Waals surface area contributed by atoms with Crippen molar-refractivity contribution in [3.05, 3.63) is 33.6 Å². The number of methoxy groups -OCH3 is 1. The van der Waals surface area contributed by atoms with Gasteiger partial charge in [-0.25, -0.2) is 4.98 Å². The first kappa shape index (κ1) is 21.3. The van der Waals surface area contributed by atoms with E-state index in [1.165, 1.54) is 16.2 Å². The standard InChI is InChI=1S/C20H21N5O4S2/c1-3-17-23-24-20(31-17)22-16(26)9-25-14-8-12(4-5-15(14)29-10-19(25)27)13-11-30-18(21-13)6-7-28-2/h4-5,8,11H,3,6-7,9-10H2,1-2H3,(H,22,24,26). The van der Waals surface area contributed by atoms with Crippen LogP contribution in [0.1, 0.15) is 16.9 Å². The fourth-order valence-electron chi connectivity index (χ4n) is 3.03. The molecule has 1 N–H and O–H groups in total. The van der Waals surface area contributed by atoms with E-state index in [2.05, 4.69) is 20.5 Å². The minimum atomic E-state index is -0.346. The topological polar surface area (TPSA) is 107 Å². The summed E-state index contributed by atoms with van der Waals surface area (Å²) in [4.78, 5) is 31.2. The summed E-state index contributed by atoms with van der Waals surface area (Å²) in [6.45, 7) is 2.32. The molecule has 0 bridgehead atoms. The second kappa shape index (κ2) is 9.50. The van der Waals surface area contributed by atoms with Crippen LogP contribution in [0.4, 0.5) is 10.8 Å². The van der Waals surface area contributed by atoms with E-state index < -0.39 is 0 Å². The quantitative estimate of drug-likeness (QED) is 0.552. The van der Waals surface area contributed by atoms with Crippen molar-refractivity contribution in [3.8, 4) is 17.0 Å². The van der Waals surface area contributed by atoms with Crippen molar-refractivity contribution in [2.24, 2.45) is 0 Å². The molecule has 0 fully saturated rings. The van der Waals surface area contributed by atoms with Gasteiger partial charge in [0.25, 0.3) is 5.91 Å². The van der Waals surface area contributed by atoms with Gasteiger partial charge in [-0.2, -0.15) is 0 Å². The Hall–Kier alpha value is -2.89. The van der Waals surface area contributed by atoms with Crippen molar-refractivity contribution in [3.63, 3.8) is 0 Å². The first-order valence-electron chi connectivity index (χ1n) is 9.70. The number of hydrogen-bond acceptors (Lipinski definition) is 9. The van der Waals surface area contributed by atoms with Gasteiger partial charge in [0.05, 0.1) is 23.0 Å². The monoisotopic (exact) mass is 459 g/mol. The van der Waals surface area contributed by atoms with Crippen LogP contribution in [-0.4, -0.2) is 53.9 Å². The Balaban J connectivity index is 1.53. The number of aryl methyl sites for hydroxylation is 1. The van der Waals surface area contributed by atoms with Crippen molar-refractivity contribution < 1.29 is 19.1 Å². The summed E-state index contributed by atoms with van der Waals surface area (Å²) in [7, 11) is 1.66. The van der Waals surface area contributed by atoms with Gasteiger partial charge in [-0.1, -0.05) is 18.3 Å². The molecule has 3 aromatic rings. The maximum atomic E-state index is 12.6. The number of nitrogens with one attached hydrogen (secondary N) is 1. The molecule has 9 nitrogen and oxygen atoms in total. The molecule has 0 radical (unpaired) electrons. The SMILES string of the molecule is CCc1nnc(NC(=O)CN2C(=O)COc3ccc(-c4csc(CCOC)n4)cc32)s1. The average Bonchev–Trinajstić information content (AvgIpc) is 3.43. The number of amides is 2. The van der Waals surface area contributed by atoms with Crippen LogP contribution in [-0.2, 0) is 27.2 Å². The number of nitrogens with zero attached hydrogens (tertiary/aromatic N) is 4. The van der Waals surface area contributed by atoms with Gasteiger partial charge in [0.15, 0.2) is 6.61 Å². The molecule has 2 aromatic heterocycles. The maximum Gasteiger partial charge on any atom is 0.265 e. The summed E-state index contributed by atoms with van der Waals surface area (Å²) in [5.41, 5.74) is 2.20. The molecule has 0 atom stereocenters. The van der Waals surface area contributed by atoms with Crippen LogP contribution in [0.25, 0.3) is 11.3 Å². The van der Waals surface area contributed by atoms with Gasteiger partial charge in [0.2, 0.25) is 11.0 Å². The highest BCUT2D eigenvalue weighted by Crippen LogP contribution is 2.36. The lowest BCUT2D eigenvalue weighted by Crippen LogP contribution is -2.43. The molecule has 3 heterocycles. The van der Waals surface area contributed by atoms with Crippen molar-refractivity contribution in [2.45, 2.75) is 19.8 Å². The highest BCUT2D eigenvalue weighted by atomic mass is 32.1. The molecule has 0 unspecified atom stereocenters. The highest BCUT2D eigenvalue weighted by molar-refractivity contribution is 7.15. The molecule has 0 saturated heterocycles. The molecule has 162 valence electrons. The predicted molar refractivity (Wildman–Crippen MR) is 119 cm³/mol. The van der Waals surface area contributed by atoms with Gasteiger partial charge in [-0.05, 0) is 24.6 Å². The Morgan fingerprint density at radius 2 is 2.19 bits per heavy atom. The average molecular weight is 460 g/mol. The molecule has 0 aliphatic carbocycles. The van der Waals surface area contributed by atoms with Crippen LogP contribution >= 0.6 is 22.7 Å². The number of hydrogen-bond donors (Lipinski definition) is 1. The fourth-order valence-corrected chi connectivity index (χ4v) is 4.52. The summed E-state index contributed by atoms with van der Waals surface area (Å²) >= 11 is 2.88. The van der Waals surface area contributed by atoms with Crippen molar-refractivity contribution in [2.75, 3.05) is 37.1 Å². The number of carbonyl (C=O) groups excluding carboxylic acids is 2. The minimum Gasteiger partial charge on any atom is -0.482 e. The summed E-state index contributed by atoms with van der Waals surface area (Å²) in [6, 6.07) is 5.53. The number of benzene rings is 1. The predicted octanol–water partition coefficient (Wildman–Crippen LogP) is 2.78. The fraction of sp³-hybridized carbons (Fsp3) is 0.350. The van der Waals surface area contributed by atoms with E-state index in [1.807, 2.05) is 24.4 Å². The van der Waals surface area contributed by atoms with Crippen LogP contribution in [0, 0.1) is 0 Å². The van der Waals surface area contributed by atoms with Crippen molar-refractivity contribution in [1.82, 2.24) is 15.2 Å².